The first-order valence-corrected chi connectivity index (χ1v) is 9.14. The molecule has 0 N–H and O–H groups in total. The molecular formula is C12H22O3S2. The maximum atomic E-state index is 12.0. The molecule has 0 spiro atoms. The Bertz CT molecular complexity index is 360. The highest BCUT2D eigenvalue weighted by atomic mass is 32.2. The van der Waals surface area contributed by atoms with Crippen LogP contribution in [0.5, 0.6) is 0 Å². The van der Waals surface area contributed by atoms with Gasteiger partial charge < -0.3 is 0 Å². The second-order valence-corrected chi connectivity index (χ2v) is 9.03. The van der Waals surface area contributed by atoms with Crippen LogP contribution in [0.1, 0.15) is 39.5 Å². The Labute approximate surface area is 109 Å². The predicted molar refractivity (Wildman–Crippen MR) is 73.2 cm³/mol. The zero-order chi connectivity index (χ0) is 13.1. The third-order valence-corrected chi connectivity index (χ3v) is 6.00. The number of thioether (sulfide) groups is 1. The highest BCUT2D eigenvalue weighted by molar-refractivity contribution is 8.00. The van der Waals surface area contributed by atoms with Crippen LogP contribution in [0.2, 0.25) is 0 Å². The van der Waals surface area contributed by atoms with Crippen molar-refractivity contribution in [3.05, 3.63) is 0 Å². The van der Waals surface area contributed by atoms with Gasteiger partial charge in [0.2, 0.25) is 0 Å². The third kappa shape index (κ3) is 5.00. The van der Waals surface area contributed by atoms with E-state index in [1.165, 1.54) is 6.26 Å². The molecule has 0 amide bonds. The Morgan fingerprint density at radius 2 is 2.00 bits per heavy atom. The third-order valence-electron chi connectivity index (χ3n) is 3.25. The Balaban J connectivity index is 2.52. The number of rotatable bonds is 5. The number of sulfone groups is 1. The number of Topliss-reactive ketones (excluding diaryl/α,β-unsaturated/α-hetero) is 1. The van der Waals surface area contributed by atoms with Crippen molar-refractivity contribution in [2.24, 2.45) is 5.92 Å². The van der Waals surface area contributed by atoms with Gasteiger partial charge in [0.05, 0.1) is 11.0 Å². The maximum absolute atomic E-state index is 12.0. The van der Waals surface area contributed by atoms with Gasteiger partial charge in [0.25, 0.3) is 0 Å². The zero-order valence-corrected chi connectivity index (χ0v) is 12.4. The largest absolute Gasteiger partial charge is 0.298 e. The highest BCUT2D eigenvalue weighted by Crippen LogP contribution is 2.30. The first kappa shape index (κ1) is 15.0. The van der Waals surface area contributed by atoms with Crippen LogP contribution in [0.3, 0.4) is 0 Å². The van der Waals surface area contributed by atoms with Gasteiger partial charge in [-0.25, -0.2) is 8.42 Å². The summed E-state index contributed by atoms with van der Waals surface area (Å²) >= 11 is 1.64. The molecule has 1 aliphatic carbocycles. The lowest BCUT2D eigenvalue weighted by Crippen LogP contribution is -2.31. The van der Waals surface area contributed by atoms with Gasteiger partial charge in [-0.05, 0) is 24.5 Å². The highest BCUT2D eigenvalue weighted by Gasteiger charge is 2.32. The molecule has 0 heterocycles. The van der Waals surface area contributed by atoms with E-state index < -0.39 is 9.84 Å². The van der Waals surface area contributed by atoms with Crippen molar-refractivity contribution >= 4 is 27.4 Å². The lowest BCUT2D eigenvalue weighted by atomic mass is 9.86. The standard InChI is InChI=1S/C12H22O3S2/c1-9(2)16-8-12(13)10-5-4-6-11(7-10)17(3,14)15/h9-11H,4-8H2,1-3H3. The Kier molecular flexibility index (Phi) is 5.51. The van der Waals surface area contributed by atoms with Crippen LogP contribution in [0.15, 0.2) is 0 Å². The summed E-state index contributed by atoms with van der Waals surface area (Å²) in [6.07, 6.45) is 4.27. The van der Waals surface area contributed by atoms with Crippen LogP contribution < -0.4 is 0 Å². The van der Waals surface area contributed by atoms with E-state index in [4.69, 9.17) is 0 Å². The number of hydrogen-bond donors (Lipinski definition) is 0. The molecule has 0 saturated heterocycles. The van der Waals surface area contributed by atoms with E-state index in [1.54, 1.807) is 11.8 Å². The van der Waals surface area contributed by atoms with Crippen molar-refractivity contribution in [2.75, 3.05) is 12.0 Å². The molecule has 1 saturated carbocycles. The monoisotopic (exact) mass is 278 g/mol. The van der Waals surface area contributed by atoms with Gasteiger partial charge >= 0.3 is 0 Å². The van der Waals surface area contributed by atoms with E-state index in [0.29, 0.717) is 17.4 Å². The van der Waals surface area contributed by atoms with Crippen LogP contribution >= 0.6 is 11.8 Å². The summed E-state index contributed by atoms with van der Waals surface area (Å²) < 4.78 is 23.0. The van der Waals surface area contributed by atoms with E-state index in [-0.39, 0.29) is 17.0 Å². The van der Waals surface area contributed by atoms with Gasteiger partial charge in [-0.15, -0.1) is 0 Å². The molecule has 1 fully saturated rings. The maximum Gasteiger partial charge on any atom is 0.150 e. The smallest absolute Gasteiger partial charge is 0.150 e. The van der Waals surface area contributed by atoms with E-state index in [0.717, 1.165) is 19.3 Å². The fourth-order valence-corrected chi connectivity index (χ4v) is 4.10. The molecule has 0 aromatic rings. The van der Waals surface area contributed by atoms with Crippen molar-refractivity contribution in [1.82, 2.24) is 0 Å². The number of carbonyl (C=O) groups is 1. The molecule has 0 aromatic heterocycles. The molecule has 2 unspecified atom stereocenters. The second-order valence-electron chi connectivity index (χ2n) is 5.14. The molecule has 0 radical (unpaired) electrons. The van der Waals surface area contributed by atoms with Gasteiger partial charge in [0.15, 0.2) is 0 Å². The van der Waals surface area contributed by atoms with E-state index in [2.05, 4.69) is 13.8 Å². The SMILES string of the molecule is CC(C)SCC(=O)C1CCCC(S(C)(=O)=O)C1. The van der Waals surface area contributed by atoms with Crippen LogP contribution in [0, 0.1) is 5.92 Å². The number of hydrogen-bond acceptors (Lipinski definition) is 4. The average molecular weight is 278 g/mol. The van der Waals surface area contributed by atoms with Crippen LogP contribution in [0.4, 0.5) is 0 Å². The summed E-state index contributed by atoms with van der Waals surface area (Å²) in [7, 11) is -2.98. The fourth-order valence-electron chi connectivity index (χ4n) is 2.19. The van der Waals surface area contributed by atoms with Crippen LogP contribution in [0.25, 0.3) is 0 Å². The average Bonchev–Trinajstić information content (AvgIpc) is 2.25. The molecule has 17 heavy (non-hydrogen) atoms. The lowest BCUT2D eigenvalue weighted by Gasteiger charge is -2.27. The van der Waals surface area contributed by atoms with Gasteiger partial charge in [-0.3, -0.25) is 4.79 Å². The summed E-state index contributed by atoms with van der Waals surface area (Å²) in [6, 6.07) is 0. The Morgan fingerprint density at radius 3 is 2.53 bits per heavy atom. The molecule has 5 heteroatoms. The van der Waals surface area contributed by atoms with Gasteiger partial charge in [-0.1, -0.05) is 20.3 Å². The van der Waals surface area contributed by atoms with Crippen molar-refractivity contribution in [2.45, 2.75) is 50.0 Å². The quantitative estimate of drug-likeness (QED) is 0.774. The minimum Gasteiger partial charge on any atom is -0.298 e. The van der Waals surface area contributed by atoms with Crippen LogP contribution in [-0.2, 0) is 14.6 Å². The first-order chi connectivity index (χ1) is 7.80. The number of ketones is 1. The summed E-state index contributed by atoms with van der Waals surface area (Å²) in [5.41, 5.74) is 0. The molecule has 0 aromatic carbocycles. The molecule has 100 valence electrons. The summed E-state index contributed by atoms with van der Waals surface area (Å²) in [4.78, 5) is 12.0. The molecule has 2 atom stereocenters. The Hall–Kier alpha value is -0.0300. The minimum atomic E-state index is -2.98. The minimum absolute atomic E-state index is 0.0327. The van der Waals surface area contributed by atoms with Crippen molar-refractivity contribution in [3.63, 3.8) is 0 Å². The van der Waals surface area contributed by atoms with E-state index >= 15 is 0 Å². The number of carbonyl (C=O) groups excluding carboxylic acids is 1. The molecular weight excluding hydrogens is 256 g/mol. The normalized spacial score (nSPS) is 26.1. The molecule has 1 rings (SSSR count). The van der Waals surface area contributed by atoms with Crippen molar-refractivity contribution < 1.29 is 13.2 Å². The molecule has 0 bridgehead atoms. The molecule has 3 nitrogen and oxygen atoms in total. The fraction of sp³-hybridized carbons (Fsp3) is 0.917. The summed E-state index contributed by atoms with van der Waals surface area (Å²) in [5, 5.41) is 0.155. The van der Waals surface area contributed by atoms with E-state index in [9.17, 15) is 13.2 Å². The van der Waals surface area contributed by atoms with Gasteiger partial charge in [-0.2, -0.15) is 11.8 Å². The second kappa shape index (κ2) is 6.23. The first-order valence-electron chi connectivity index (χ1n) is 6.14. The zero-order valence-electron chi connectivity index (χ0n) is 10.8. The Morgan fingerprint density at radius 1 is 1.35 bits per heavy atom. The predicted octanol–water partition coefficient (Wildman–Crippen LogP) is 2.30. The van der Waals surface area contributed by atoms with Gasteiger partial charge in [0.1, 0.15) is 15.6 Å². The van der Waals surface area contributed by atoms with Crippen molar-refractivity contribution in [1.29, 1.82) is 0 Å². The topological polar surface area (TPSA) is 51.2 Å². The summed E-state index contributed by atoms with van der Waals surface area (Å²) in [5.74, 6) is 0.727. The molecule has 1 aliphatic rings. The molecule has 0 aliphatic heterocycles. The lowest BCUT2D eigenvalue weighted by molar-refractivity contribution is -0.121. The summed E-state index contributed by atoms with van der Waals surface area (Å²) in [6.45, 7) is 4.14. The van der Waals surface area contributed by atoms with Crippen molar-refractivity contribution in [3.8, 4) is 0 Å². The van der Waals surface area contributed by atoms with Gasteiger partial charge in [0, 0.05) is 12.2 Å². The van der Waals surface area contributed by atoms with E-state index in [1.807, 2.05) is 0 Å². The van der Waals surface area contributed by atoms with Crippen LogP contribution in [-0.4, -0.2) is 36.7 Å².